The van der Waals surface area contributed by atoms with Crippen molar-refractivity contribution in [2.24, 2.45) is 5.92 Å². The summed E-state index contributed by atoms with van der Waals surface area (Å²) in [7, 11) is -3.61. The molecule has 0 spiro atoms. The second-order valence-electron chi connectivity index (χ2n) is 5.89. The molecule has 1 saturated carbocycles. The molecule has 1 aliphatic rings. The van der Waals surface area contributed by atoms with Gasteiger partial charge in [0.25, 0.3) is 0 Å². The molecule has 1 aromatic rings. The van der Waals surface area contributed by atoms with E-state index in [9.17, 15) is 13.5 Å². The summed E-state index contributed by atoms with van der Waals surface area (Å²) in [4.78, 5) is 0.257. The highest BCUT2D eigenvalue weighted by Crippen LogP contribution is 2.27. The quantitative estimate of drug-likeness (QED) is 0.738. The molecule has 0 radical (unpaired) electrons. The van der Waals surface area contributed by atoms with Crippen molar-refractivity contribution >= 4 is 15.7 Å². The third-order valence-corrected chi connectivity index (χ3v) is 6.03. The average molecular weight is 312 g/mol. The number of aliphatic hydroxyl groups excluding tert-OH is 1. The number of hydrogen-bond donors (Lipinski definition) is 3. The molecule has 0 aromatic heterocycles. The molecule has 21 heavy (non-hydrogen) atoms. The van der Waals surface area contributed by atoms with Gasteiger partial charge in [0.05, 0.1) is 11.0 Å². The van der Waals surface area contributed by atoms with Crippen molar-refractivity contribution in [1.82, 2.24) is 4.72 Å². The number of sulfonamides is 1. The number of nitrogens with one attached hydrogen (secondary N) is 1. The van der Waals surface area contributed by atoms with Gasteiger partial charge in [0.1, 0.15) is 0 Å². The fourth-order valence-corrected chi connectivity index (χ4v) is 4.56. The topological polar surface area (TPSA) is 92.4 Å². The van der Waals surface area contributed by atoms with E-state index < -0.39 is 16.1 Å². The van der Waals surface area contributed by atoms with Gasteiger partial charge in [0.15, 0.2) is 0 Å². The Balaban J connectivity index is 2.17. The second kappa shape index (κ2) is 6.34. The summed E-state index contributed by atoms with van der Waals surface area (Å²) >= 11 is 0. The van der Waals surface area contributed by atoms with Crippen molar-refractivity contribution in [2.75, 3.05) is 12.3 Å². The van der Waals surface area contributed by atoms with Gasteiger partial charge in [0, 0.05) is 12.2 Å². The van der Waals surface area contributed by atoms with Crippen LogP contribution < -0.4 is 10.5 Å². The predicted octanol–water partition coefficient (Wildman–Crippen LogP) is 1.72. The highest BCUT2D eigenvalue weighted by Gasteiger charge is 2.26. The monoisotopic (exact) mass is 312 g/mol. The molecule has 1 aromatic carbocycles. The Morgan fingerprint density at radius 2 is 1.95 bits per heavy atom. The third-order valence-electron chi connectivity index (χ3n) is 4.32. The Hall–Kier alpha value is -1.11. The zero-order valence-corrected chi connectivity index (χ0v) is 13.4. The van der Waals surface area contributed by atoms with Crippen LogP contribution in [0.3, 0.4) is 0 Å². The highest BCUT2D eigenvalue weighted by atomic mass is 32.2. The van der Waals surface area contributed by atoms with E-state index in [2.05, 4.69) is 4.72 Å². The molecular weight excluding hydrogens is 288 g/mol. The van der Waals surface area contributed by atoms with Crippen LogP contribution in [0.15, 0.2) is 17.0 Å². The summed E-state index contributed by atoms with van der Waals surface area (Å²) in [6.45, 7) is 3.75. The normalized spacial score (nSPS) is 23.2. The standard InChI is InChI=1S/C15H24N2O3S/c1-10-7-8-13(16)11(2)15(10)21(19,20)17-9-12-5-3-4-6-14(12)18/h7-8,12,14,17-18H,3-6,9,16H2,1-2H3. The lowest BCUT2D eigenvalue weighted by Gasteiger charge is -2.27. The van der Waals surface area contributed by atoms with Gasteiger partial charge in [-0.15, -0.1) is 0 Å². The van der Waals surface area contributed by atoms with E-state index in [-0.39, 0.29) is 17.4 Å². The van der Waals surface area contributed by atoms with E-state index in [0.29, 0.717) is 16.8 Å². The molecule has 4 N–H and O–H groups in total. The highest BCUT2D eigenvalue weighted by molar-refractivity contribution is 7.89. The van der Waals surface area contributed by atoms with Crippen LogP contribution in [-0.2, 0) is 10.0 Å². The number of aryl methyl sites for hydroxylation is 1. The minimum Gasteiger partial charge on any atom is -0.398 e. The second-order valence-corrected chi connectivity index (χ2v) is 7.59. The molecular formula is C15H24N2O3S. The third kappa shape index (κ3) is 3.56. The van der Waals surface area contributed by atoms with Gasteiger partial charge < -0.3 is 10.8 Å². The van der Waals surface area contributed by atoms with Gasteiger partial charge in [0.2, 0.25) is 10.0 Å². The summed E-state index contributed by atoms with van der Waals surface area (Å²) in [6.07, 6.45) is 3.25. The lowest BCUT2D eigenvalue weighted by atomic mass is 9.87. The van der Waals surface area contributed by atoms with Crippen molar-refractivity contribution in [2.45, 2.75) is 50.5 Å². The first-order valence-electron chi connectivity index (χ1n) is 7.36. The molecule has 1 fully saturated rings. The number of anilines is 1. The lowest BCUT2D eigenvalue weighted by Crippen LogP contribution is -2.37. The first kappa shape index (κ1) is 16.3. The summed E-state index contributed by atoms with van der Waals surface area (Å²) in [5.74, 6) is -0.00445. The van der Waals surface area contributed by atoms with Crippen molar-refractivity contribution < 1.29 is 13.5 Å². The van der Waals surface area contributed by atoms with Crippen LogP contribution in [0.2, 0.25) is 0 Å². The van der Waals surface area contributed by atoms with Crippen LogP contribution in [-0.4, -0.2) is 26.2 Å². The molecule has 6 heteroatoms. The summed E-state index contributed by atoms with van der Waals surface area (Å²) in [5, 5.41) is 9.93. The molecule has 0 amide bonds. The van der Waals surface area contributed by atoms with Gasteiger partial charge in [-0.25, -0.2) is 13.1 Å². The Labute approximate surface area is 126 Å². The van der Waals surface area contributed by atoms with Crippen molar-refractivity contribution in [3.05, 3.63) is 23.3 Å². The number of nitrogen functional groups attached to an aromatic ring is 1. The lowest BCUT2D eigenvalue weighted by molar-refractivity contribution is 0.0724. The average Bonchev–Trinajstić information content (AvgIpc) is 2.42. The van der Waals surface area contributed by atoms with E-state index in [0.717, 1.165) is 25.7 Å². The maximum atomic E-state index is 12.5. The molecule has 2 rings (SSSR count). The van der Waals surface area contributed by atoms with Crippen LogP contribution in [0.1, 0.15) is 36.8 Å². The SMILES string of the molecule is Cc1ccc(N)c(C)c1S(=O)(=O)NCC1CCCCC1O. The number of aliphatic hydroxyl groups is 1. The summed E-state index contributed by atoms with van der Waals surface area (Å²) in [5.41, 5.74) is 7.54. The zero-order chi connectivity index (χ0) is 15.6. The van der Waals surface area contributed by atoms with Gasteiger partial charge >= 0.3 is 0 Å². The number of hydrogen-bond acceptors (Lipinski definition) is 4. The maximum absolute atomic E-state index is 12.5. The van der Waals surface area contributed by atoms with Crippen LogP contribution in [0, 0.1) is 19.8 Å². The molecule has 2 unspecified atom stereocenters. The van der Waals surface area contributed by atoms with Crippen LogP contribution in [0.25, 0.3) is 0 Å². The van der Waals surface area contributed by atoms with Gasteiger partial charge in [-0.2, -0.15) is 0 Å². The van der Waals surface area contributed by atoms with E-state index in [1.165, 1.54) is 0 Å². The molecule has 0 bridgehead atoms. The Bertz CT molecular complexity index is 614. The van der Waals surface area contributed by atoms with Gasteiger partial charge in [-0.1, -0.05) is 18.9 Å². The van der Waals surface area contributed by atoms with E-state index in [1.54, 1.807) is 26.0 Å². The Kier molecular flexibility index (Phi) is 4.91. The first-order valence-corrected chi connectivity index (χ1v) is 8.84. The van der Waals surface area contributed by atoms with E-state index in [1.807, 2.05) is 0 Å². The van der Waals surface area contributed by atoms with Crippen LogP contribution >= 0.6 is 0 Å². The molecule has 2 atom stereocenters. The molecule has 0 heterocycles. The minimum absolute atomic E-state index is 0.00445. The van der Waals surface area contributed by atoms with Crippen molar-refractivity contribution in [3.63, 3.8) is 0 Å². The molecule has 0 saturated heterocycles. The van der Waals surface area contributed by atoms with E-state index >= 15 is 0 Å². The van der Waals surface area contributed by atoms with E-state index in [4.69, 9.17) is 5.73 Å². The molecule has 1 aliphatic carbocycles. The Morgan fingerprint density at radius 1 is 1.29 bits per heavy atom. The summed E-state index contributed by atoms with van der Waals surface area (Å²) in [6, 6.07) is 3.43. The smallest absolute Gasteiger partial charge is 0.241 e. The van der Waals surface area contributed by atoms with Gasteiger partial charge in [-0.05, 0) is 49.8 Å². The Morgan fingerprint density at radius 3 is 2.62 bits per heavy atom. The molecule has 5 nitrogen and oxygen atoms in total. The number of nitrogens with two attached hydrogens (primary N) is 1. The maximum Gasteiger partial charge on any atom is 0.241 e. The number of rotatable bonds is 4. The van der Waals surface area contributed by atoms with Gasteiger partial charge in [-0.3, -0.25) is 0 Å². The fourth-order valence-electron chi connectivity index (χ4n) is 2.97. The largest absolute Gasteiger partial charge is 0.398 e. The minimum atomic E-state index is -3.61. The molecule has 0 aliphatic heterocycles. The van der Waals surface area contributed by atoms with Crippen molar-refractivity contribution in [1.29, 1.82) is 0 Å². The zero-order valence-electron chi connectivity index (χ0n) is 12.6. The van der Waals surface area contributed by atoms with Crippen molar-refractivity contribution in [3.8, 4) is 0 Å². The predicted molar refractivity (Wildman–Crippen MR) is 83.5 cm³/mol. The fraction of sp³-hybridized carbons (Fsp3) is 0.600. The van der Waals surface area contributed by atoms with Crippen LogP contribution in [0.5, 0.6) is 0 Å². The van der Waals surface area contributed by atoms with Crippen LogP contribution in [0.4, 0.5) is 5.69 Å². The number of benzene rings is 1. The summed E-state index contributed by atoms with van der Waals surface area (Å²) < 4.78 is 27.7. The molecule has 118 valence electrons. The first-order chi connectivity index (χ1) is 9.83.